The number of carbonyl (C=O) groups excluding carboxylic acids is 1. The summed E-state index contributed by atoms with van der Waals surface area (Å²) in [5.41, 5.74) is 1.66. The van der Waals surface area contributed by atoms with E-state index < -0.39 is 21.7 Å². The van der Waals surface area contributed by atoms with E-state index in [0.29, 0.717) is 0 Å². The molecule has 0 bridgehead atoms. The summed E-state index contributed by atoms with van der Waals surface area (Å²) < 4.78 is 26.5. The molecule has 0 aliphatic carbocycles. The van der Waals surface area contributed by atoms with Gasteiger partial charge in [-0.25, -0.2) is 13.4 Å². The highest BCUT2D eigenvalue weighted by atomic mass is 35.5. The van der Waals surface area contributed by atoms with Gasteiger partial charge in [-0.15, -0.1) is 11.3 Å². The lowest BCUT2D eigenvalue weighted by molar-refractivity contribution is -0.113. The van der Waals surface area contributed by atoms with E-state index in [0.717, 1.165) is 40.6 Å². The van der Waals surface area contributed by atoms with Crippen LogP contribution in [0.1, 0.15) is 22.6 Å². The third kappa shape index (κ3) is 4.36. The second kappa shape index (κ2) is 8.93. The maximum Gasteiger partial charge on any atom is 0.278 e. The maximum absolute atomic E-state index is 12.9. The smallest absolute Gasteiger partial charge is 0.278 e. The molecule has 1 aliphatic heterocycles. The molecule has 1 amide bonds. The minimum absolute atomic E-state index is 0.0425. The fourth-order valence-corrected chi connectivity index (χ4v) is 6.41. The van der Waals surface area contributed by atoms with Crippen LogP contribution in [0.3, 0.4) is 0 Å². The van der Waals surface area contributed by atoms with Gasteiger partial charge < -0.3 is 10.4 Å². The predicted molar refractivity (Wildman–Crippen MR) is 125 cm³/mol. The van der Waals surface area contributed by atoms with Crippen LogP contribution >= 0.6 is 22.9 Å². The van der Waals surface area contributed by atoms with Gasteiger partial charge in [0.05, 0.1) is 9.21 Å². The largest absolute Gasteiger partial charge is 0.504 e. The average molecular weight is 490 g/mol. The van der Waals surface area contributed by atoms with Crippen LogP contribution in [0.2, 0.25) is 4.34 Å². The highest BCUT2D eigenvalue weighted by molar-refractivity contribution is 7.89. The monoisotopic (exact) mass is 489 g/mol. The molecule has 10 heteroatoms. The molecule has 2 aromatic heterocycles. The lowest BCUT2D eigenvalue weighted by Gasteiger charge is -2.26. The zero-order valence-electron chi connectivity index (χ0n) is 17.1. The van der Waals surface area contributed by atoms with E-state index >= 15 is 0 Å². The van der Waals surface area contributed by atoms with Crippen LogP contribution < -0.4 is 5.32 Å². The van der Waals surface area contributed by atoms with Crippen molar-refractivity contribution in [1.82, 2.24) is 9.29 Å². The Labute approximate surface area is 195 Å². The summed E-state index contributed by atoms with van der Waals surface area (Å²) >= 11 is 6.83. The first kappa shape index (κ1) is 22.3. The van der Waals surface area contributed by atoms with Crippen molar-refractivity contribution in [2.24, 2.45) is 0 Å². The number of likely N-dealkylation sites (N-methyl/N-ethyl adjacent to an activating group) is 1. The number of rotatable bonds is 6. The number of aryl methyl sites for hydroxylation is 2. The van der Waals surface area contributed by atoms with Crippen molar-refractivity contribution in [3.05, 3.63) is 80.8 Å². The molecule has 7 nitrogen and oxygen atoms in total. The molecule has 3 aromatic rings. The zero-order chi connectivity index (χ0) is 22.9. The maximum atomic E-state index is 12.9. The molecule has 0 fully saturated rings. The Morgan fingerprint density at radius 3 is 2.66 bits per heavy atom. The Kier molecular flexibility index (Phi) is 6.23. The van der Waals surface area contributed by atoms with Crippen molar-refractivity contribution in [2.45, 2.75) is 24.2 Å². The standard InChI is InChI=1S/C22H20ClN3O4S2/c1-26-19(20(27)21-16(32(26,29)30)13-17(23)31-21)22(28)25-18-12-6-11-15(24-18)10-5-9-14-7-3-2-4-8-14/h2-4,6-8,11-13,27H,5,9-10H2,1H3,(H,24,25,28). The minimum atomic E-state index is -4.01. The number of hydrogen-bond donors (Lipinski definition) is 2. The third-order valence-corrected chi connectivity index (χ3v) is 8.25. The molecule has 166 valence electrons. The number of hydrogen-bond acceptors (Lipinski definition) is 6. The van der Waals surface area contributed by atoms with Gasteiger partial charge in [0.2, 0.25) is 0 Å². The number of aliphatic hydroxyl groups is 1. The van der Waals surface area contributed by atoms with Crippen molar-refractivity contribution in [1.29, 1.82) is 0 Å². The zero-order valence-corrected chi connectivity index (χ0v) is 19.5. The van der Waals surface area contributed by atoms with Gasteiger partial charge in [0, 0.05) is 12.7 Å². The summed E-state index contributed by atoms with van der Waals surface area (Å²) in [7, 11) is -2.79. The number of sulfonamides is 1. The van der Waals surface area contributed by atoms with Crippen LogP contribution in [0.15, 0.2) is 65.2 Å². The normalized spacial score (nSPS) is 14.9. The average Bonchev–Trinajstić information content (AvgIpc) is 3.17. The molecule has 1 aromatic carbocycles. The number of fused-ring (bicyclic) bond motifs is 1. The molecule has 0 saturated carbocycles. The van der Waals surface area contributed by atoms with E-state index in [2.05, 4.69) is 22.4 Å². The van der Waals surface area contributed by atoms with Gasteiger partial charge in [0.25, 0.3) is 15.9 Å². The number of aromatic nitrogens is 1. The number of aliphatic hydroxyl groups excluding tert-OH is 1. The quantitative estimate of drug-likeness (QED) is 0.532. The summed E-state index contributed by atoms with van der Waals surface area (Å²) in [6.07, 6.45) is 2.52. The number of nitrogens with one attached hydrogen (secondary N) is 1. The van der Waals surface area contributed by atoms with Gasteiger partial charge in [0.1, 0.15) is 10.7 Å². The van der Waals surface area contributed by atoms with Crippen molar-refractivity contribution in [2.75, 3.05) is 12.4 Å². The molecule has 1 aliphatic rings. The van der Waals surface area contributed by atoms with Gasteiger partial charge in [0.15, 0.2) is 11.5 Å². The fourth-order valence-electron chi connectivity index (χ4n) is 3.46. The number of thiophene rings is 1. The van der Waals surface area contributed by atoms with Gasteiger partial charge in [-0.1, -0.05) is 48.0 Å². The molecule has 0 atom stereocenters. The van der Waals surface area contributed by atoms with Crippen LogP contribution in [0.25, 0.3) is 5.76 Å². The summed E-state index contributed by atoms with van der Waals surface area (Å²) in [6.45, 7) is 0. The summed E-state index contributed by atoms with van der Waals surface area (Å²) in [5.74, 6) is -0.947. The van der Waals surface area contributed by atoms with E-state index in [1.54, 1.807) is 12.1 Å². The lowest BCUT2D eigenvalue weighted by atomic mass is 10.1. The molecular weight excluding hydrogens is 470 g/mol. The highest BCUT2D eigenvalue weighted by Crippen LogP contribution is 2.41. The topological polar surface area (TPSA) is 99.6 Å². The molecule has 2 N–H and O–H groups in total. The molecule has 0 spiro atoms. The molecule has 0 radical (unpaired) electrons. The molecular formula is C22H20ClN3O4S2. The van der Waals surface area contributed by atoms with Crippen LogP contribution in [0.5, 0.6) is 0 Å². The van der Waals surface area contributed by atoms with Crippen molar-refractivity contribution >= 4 is 50.4 Å². The number of benzene rings is 1. The number of pyridine rings is 1. The Morgan fingerprint density at radius 2 is 1.91 bits per heavy atom. The van der Waals surface area contributed by atoms with E-state index in [4.69, 9.17) is 11.6 Å². The Hall–Kier alpha value is -2.88. The first-order valence-corrected chi connectivity index (χ1v) is 12.4. The first-order valence-electron chi connectivity index (χ1n) is 9.80. The number of nitrogens with zero attached hydrogens (tertiary/aromatic N) is 2. The second-order valence-corrected chi connectivity index (χ2v) is 10.8. The first-order chi connectivity index (χ1) is 15.3. The van der Waals surface area contributed by atoms with Crippen LogP contribution in [0, 0.1) is 0 Å². The van der Waals surface area contributed by atoms with Crippen molar-refractivity contribution in [3.63, 3.8) is 0 Å². The van der Waals surface area contributed by atoms with Crippen LogP contribution in [0.4, 0.5) is 5.82 Å². The molecule has 4 rings (SSSR count). The number of amides is 1. The fraction of sp³-hybridized carbons (Fsp3) is 0.182. The molecule has 3 heterocycles. The van der Waals surface area contributed by atoms with E-state index in [1.165, 1.54) is 18.7 Å². The summed E-state index contributed by atoms with van der Waals surface area (Å²) in [4.78, 5) is 17.3. The van der Waals surface area contributed by atoms with Crippen LogP contribution in [-0.4, -0.2) is 35.8 Å². The highest BCUT2D eigenvalue weighted by Gasteiger charge is 2.39. The second-order valence-electron chi connectivity index (χ2n) is 7.22. The molecule has 0 saturated heterocycles. The number of anilines is 1. The SMILES string of the molecule is CN1C(C(=O)Nc2cccc(CCCc3ccccc3)n2)=C(O)c2sc(Cl)cc2S1(=O)=O. The van der Waals surface area contributed by atoms with E-state index in [1.807, 2.05) is 24.3 Å². The molecule has 32 heavy (non-hydrogen) atoms. The van der Waals surface area contributed by atoms with E-state index in [-0.39, 0.29) is 25.6 Å². The van der Waals surface area contributed by atoms with Gasteiger partial charge in [-0.2, -0.15) is 0 Å². The van der Waals surface area contributed by atoms with Gasteiger partial charge in [-0.05, 0) is 43.0 Å². The summed E-state index contributed by atoms with van der Waals surface area (Å²) in [6, 6.07) is 16.7. The number of halogens is 1. The Morgan fingerprint density at radius 1 is 1.16 bits per heavy atom. The van der Waals surface area contributed by atoms with E-state index in [9.17, 15) is 18.3 Å². The minimum Gasteiger partial charge on any atom is -0.504 e. The number of carbonyl (C=O) groups is 1. The molecule has 0 unspecified atom stereocenters. The summed E-state index contributed by atoms with van der Waals surface area (Å²) in [5, 5.41) is 13.2. The van der Waals surface area contributed by atoms with Crippen molar-refractivity contribution in [3.8, 4) is 0 Å². The van der Waals surface area contributed by atoms with Crippen LogP contribution in [-0.2, 0) is 27.7 Å². The Balaban J connectivity index is 1.51. The lowest BCUT2D eigenvalue weighted by Crippen LogP contribution is -2.36. The van der Waals surface area contributed by atoms with Crippen molar-refractivity contribution < 1.29 is 18.3 Å². The Bertz CT molecular complexity index is 1300. The van der Waals surface area contributed by atoms with Gasteiger partial charge in [-0.3, -0.25) is 9.10 Å². The van der Waals surface area contributed by atoms with Gasteiger partial charge >= 0.3 is 0 Å². The predicted octanol–water partition coefficient (Wildman–Crippen LogP) is 4.47. The third-order valence-electron chi connectivity index (χ3n) is 5.07.